The van der Waals surface area contributed by atoms with Gasteiger partial charge in [-0.1, -0.05) is 50.1 Å². The van der Waals surface area contributed by atoms with Crippen LogP contribution in [0.25, 0.3) is 0 Å². The molecule has 4 heteroatoms. The van der Waals surface area contributed by atoms with E-state index in [2.05, 4.69) is 17.8 Å². The summed E-state index contributed by atoms with van der Waals surface area (Å²) in [6.45, 7) is 3.73. The summed E-state index contributed by atoms with van der Waals surface area (Å²) in [6, 6.07) is 15.1. The van der Waals surface area contributed by atoms with E-state index >= 15 is 0 Å². The number of para-hydroxylation sites is 1. The molecule has 3 nitrogen and oxygen atoms in total. The molecule has 23 heavy (non-hydrogen) atoms. The second kappa shape index (κ2) is 9.98. The zero-order chi connectivity index (χ0) is 16.3. The van der Waals surface area contributed by atoms with Gasteiger partial charge in [0.05, 0.1) is 6.61 Å². The topological polar surface area (TPSA) is 33.3 Å². The van der Waals surface area contributed by atoms with Crippen LogP contribution in [0.5, 0.6) is 0 Å². The average molecular weight is 316 g/mol. The van der Waals surface area contributed by atoms with Crippen molar-refractivity contribution in [2.75, 3.05) is 12.0 Å². The maximum Gasteiger partial charge on any atom is 0.129 e. The number of hydrogen-bond donors (Lipinski definition) is 2. The highest BCUT2D eigenvalue weighted by Gasteiger charge is 2.04. The van der Waals surface area contributed by atoms with Crippen LogP contribution in [0.3, 0.4) is 0 Å². The molecule has 2 aromatic carbocycles. The minimum atomic E-state index is -0.209. The number of rotatable bonds is 10. The van der Waals surface area contributed by atoms with Crippen LogP contribution in [0.2, 0.25) is 0 Å². The highest BCUT2D eigenvalue weighted by molar-refractivity contribution is 5.41. The highest BCUT2D eigenvalue weighted by atomic mass is 19.1. The van der Waals surface area contributed by atoms with E-state index in [-0.39, 0.29) is 5.82 Å². The van der Waals surface area contributed by atoms with Gasteiger partial charge in [-0.3, -0.25) is 0 Å². The first-order valence-corrected chi connectivity index (χ1v) is 8.18. The molecule has 0 heterocycles. The van der Waals surface area contributed by atoms with Crippen LogP contribution in [0.4, 0.5) is 10.1 Å². The molecule has 0 amide bonds. The third-order valence-corrected chi connectivity index (χ3v) is 3.57. The first-order valence-electron chi connectivity index (χ1n) is 8.18. The molecule has 0 radical (unpaired) electrons. The Morgan fingerprint density at radius 2 is 1.87 bits per heavy atom. The second-order valence-electron chi connectivity index (χ2n) is 5.53. The van der Waals surface area contributed by atoms with Gasteiger partial charge in [0.15, 0.2) is 0 Å². The molecule has 0 aliphatic rings. The number of anilines is 1. The number of hydrazine groups is 1. The Hall–Kier alpha value is -1.91. The van der Waals surface area contributed by atoms with Crippen molar-refractivity contribution in [3.63, 3.8) is 0 Å². The third-order valence-electron chi connectivity index (χ3n) is 3.57. The molecule has 124 valence electrons. The van der Waals surface area contributed by atoms with Crippen LogP contribution < -0.4 is 10.9 Å². The lowest BCUT2D eigenvalue weighted by Crippen LogP contribution is -2.20. The van der Waals surface area contributed by atoms with Crippen LogP contribution in [0, 0.1) is 5.82 Å². The highest BCUT2D eigenvalue weighted by Crippen LogP contribution is 2.12. The zero-order valence-corrected chi connectivity index (χ0v) is 13.6. The van der Waals surface area contributed by atoms with Crippen molar-refractivity contribution >= 4 is 5.69 Å². The van der Waals surface area contributed by atoms with E-state index in [1.165, 1.54) is 0 Å². The maximum atomic E-state index is 14.0. The monoisotopic (exact) mass is 316 g/mol. The Balaban J connectivity index is 1.75. The summed E-state index contributed by atoms with van der Waals surface area (Å²) in [5.74, 6) is -0.209. The predicted octanol–water partition coefficient (Wildman–Crippen LogP) is 4.65. The standard InChI is InChI=1S/C19H25FN2O/c1-2-3-7-12-23-15-17-11-10-16(13-19(17)20)14-21-22-18-8-5-4-6-9-18/h4-6,8-11,13,21-22H,2-3,7,12,14-15H2,1H3. The molecule has 2 aromatic rings. The quantitative estimate of drug-likeness (QED) is 0.494. The number of hydrogen-bond acceptors (Lipinski definition) is 3. The van der Waals surface area contributed by atoms with Gasteiger partial charge in [0.1, 0.15) is 5.82 Å². The van der Waals surface area contributed by atoms with Gasteiger partial charge < -0.3 is 10.2 Å². The Kier molecular flexibility index (Phi) is 7.57. The van der Waals surface area contributed by atoms with E-state index in [9.17, 15) is 4.39 Å². The molecule has 0 aromatic heterocycles. The number of nitrogens with one attached hydrogen (secondary N) is 2. The van der Waals surface area contributed by atoms with Gasteiger partial charge in [-0.2, -0.15) is 0 Å². The third kappa shape index (κ3) is 6.38. The van der Waals surface area contributed by atoms with Gasteiger partial charge in [-0.15, -0.1) is 0 Å². The molecule has 0 aliphatic carbocycles. The molecule has 0 spiro atoms. The normalized spacial score (nSPS) is 10.7. The first kappa shape index (κ1) is 17.4. The van der Waals surface area contributed by atoms with E-state index in [1.54, 1.807) is 12.1 Å². The van der Waals surface area contributed by atoms with E-state index in [0.717, 1.165) is 30.5 Å². The lowest BCUT2D eigenvalue weighted by molar-refractivity contribution is 0.115. The smallest absolute Gasteiger partial charge is 0.129 e. The number of benzene rings is 2. The summed E-state index contributed by atoms with van der Waals surface area (Å²) >= 11 is 0. The largest absolute Gasteiger partial charge is 0.377 e. The molecule has 0 atom stereocenters. The fourth-order valence-corrected chi connectivity index (χ4v) is 2.22. The molecule has 0 unspecified atom stereocenters. The molecule has 0 fully saturated rings. The van der Waals surface area contributed by atoms with E-state index < -0.39 is 0 Å². The Morgan fingerprint density at radius 3 is 2.61 bits per heavy atom. The summed E-state index contributed by atoms with van der Waals surface area (Å²) in [5, 5.41) is 0. The van der Waals surface area contributed by atoms with Gasteiger partial charge in [0, 0.05) is 24.4 Å². The van der Waals surface area contributed by atoms with Gasteiger partial charge in [-0.05, 0) is 30.2 Å². The van der Waals surface area contributed by atoms with Crippen molar-refractivity contribution in [2.45, 2.75) is 39.3 Å². The Bertz CT molecular complexity index is 575. The van der Waals surface area contributed by atoms with E-state index in [1.807, 2.05) is 36.4 Å². The predicted molar refractivity (Wildman–Crippen MR) is 92.5 cm³/mol. The Labute approximate surface area is 137 Å². The van der Waals surface area contributed by atoms with E-state index in [4.69, 9.17) is 4.74 Å². The molecule has 2 rings (SSSR count). The minimum absolute atomic E-state index is 0.209. The number of ether oxygens (including phenoxy) is 1. The number of halogens is 1. The van der Waals surface area contributed by atoms with Crippen molar-refractivity contribution in [1.29, 1.82) is 0 Å². The van der Waals surface area contributed by atoms with Crippen LogP contribution in [0.15, 0.2) is 48.5 Å². The summed E-state index contributed by atoms with van der Waals surface area (Å²) in [4.78, 5) is 0. The summed E-state index contributed by atoms with van der Waals surface area (Å²) in [5.41, 5.74) is 8.65. The van der Waals surface area contributed by atoms with Gasteiger partial charge in [0.25, 0.3) is 0 Å². The van der Waals surface area contributed by atoms with E-state index in [0.29, 0.717) is 25.3 Å². The van der Waals surface area contributed by atoms with Gasteiger partial charge in [0.2, 0.25) is 0 Å². The van der Waals surface area contributed by atoms with Crippen molar-refractivity contribution in [3.05, 3.63) is 65.5 Å². The summed E-state index contributed by atoms with van der Waals surface area (Å²) in [7, 11) is 0. The number of unbranched alkanes of at least 4 members (excludes halogenated alkanes) is 2. The molecule has 0 saturated carbocycles. The molecular formula is C19H25FN2O. The van der Waals surface area contributed by atoms with Crippen LogP contribution in [-0.2, 0) is 17.9 Å². The average Bonchev–Trinajstić information content (AvgIpc) is 2.57. The Morgan fingerprint density at radius 1 is 1.04 bits per heavy atom. The fourth-order valence-electron chi connectivity index (χ4n) is 2.22. The van der Waals surface area contributed by atoms with Crippen LogP contribution in [0.1, 0.15) is 37.3 Å². The zero-order valence-electron chi connectivity index (χ0n) is 13.6. The van der Waals surface area contributed by atoms with Crippen molar-refractivity contribution in [3.8, 4) is 0 Å². The van der Waals surface area contributed by atoms with Crippen molar-refractivity contribution in [2.24, 2.45) is 0 Å². The fraction of sp³-hybridized carbons (Fsp3) is 0.368. The maximum absolute atomic E-state index is 14.0. The molecule has 0 bridgehead atoms. The lowest BCUT2D eigenvalue weighted by Gasteiger charge is -2.10. The van der Waals surface area contributed by atoms with Gasteiger partial charge >= 0.3 is 0 Å². The summed E-state index contributed by atoms with van der Waals surface area (Å²) < 4.78 is 19.6. The van der Waals surface area contributed by atoms with Crippen LogP contribution >= 0.6 is 0 Å². The molecule has 2 N–H and O–H groups in total. The molecule has 0 saturated heterocycles. The minimum Gasteiger partial charge on any atom is -0.377 e. The molecule has 0 aliphatic heterocycles. The van der Waals surface area contributed by atoms with Crippen molar-refractivity contribution < 1.29 is 9.13 Å². The summed E-state index contributed by atoms with van der Waals surface area (Å²) in [6.07, 6.45) is 3.35. The van der Waals surface area contributed by atoms with Gasteiger partial charge in [-0.25, -0.2) is 9.82 Å². The second-order valence-corrected chi connectivity index (χ2v) is 5.53. The SMILES string of the molecule is CCCCCOCc1ccc(CNNc2ccccc2)cc1F. The molecular weight excluding hydrogens is 291 g/mol. The van der Waals surface area contributed by atoms with Crippen LogP contribution in [-0.4, -0.2) is 6.61 Å². The van der Waals surface area contributed by atoms with Crippen molar-refractivity contribution in [1.82, 2.24) is 5.43 Å². The lowest BCUT2D eigenvalue weighted by atomic mass is 10.1. The first-order chi connectivity index (χ1) is 11.3.